The molecular formula is C19H30N4O2. The third-order valence-electron chi connectivity index (χ3n) is 6.40. The average Bonchev–Trinajstić information content (AvgIpc) is 3.08. The summed E-state index contributed by atoms with van der Waals surface area (Å²) >= 11 is 0. The molecule has 6 heteroatoms. The van der Waals surface area contributed by atoms with Crippen molar-refractivity contribution in [3.05, 3.63) is 11.7 Å². The molecule has 25 heavy (non-hydrogen) atoms. The van der Waals surface area contributed by atoms with E-state index in [0.717, 1.165) is 44.3 Å². The Morgan fingerprint density at radius 3 is 2.60 bits per heavy atom. The summed E-state index contributed by atoms with van der Waals surface area (Å²) in [4.78, 5) is 21.8. The highest BCUT2D eigenvalue weighted by Gasteiger charge is 2.36. The summed E-state index contributed by atoms with van der Waals surface area (Å²) in [5.41, 5.74) is 0. The zero-order valence-corrected chi connectivity index (χ0v) is 15.3. The number of aryl methyl sites for hydroxylation is 1. The molecular weight excluding hydrogens is 316 g/mol. The van der Waals surface area contributed by atoms with Crippen molar-refractivity contribution in [2.75, 3.05) is 26.2 Å². The Morgan fingerprint density at radius 1 is 1.08 bits per heavy atom. The van der Waals surface area contributed by atoms with Gasteiger partial charge in [-0.1, -0.05) is 18.0 Å². The van der Waals surface area contributed by atoms with Crippen molar-refractivity contribution in [1.82, 2.24) is 19.9 Å². The van der Waals surface area contributed by atoms with Crippen LogP contribution in [-0.2, 0) is 4.79 Å². The van der Waals surface area contributed by atoms with Gasteiger partial charge in [-0.2, -0.15) is 4.98 Å². The Morgan fingerprint density at radius 2 is 1.84 bits per heavy atom. The second kappa shape index (κ2) is 7.44. The molecule has 1 aliphatic carbocycles. The summed E-state index contributed by atoms with van der Waals surface area (Å²) in [6.07, 6.45) is 9.70. The quantitative estimate of drug-likeness (QED) is 0.842. The third kappa shape index (κ3) is 3.73. The normalized spacial score (nSPS) is 28.8. The summed E-state index contributed by atoms with van der Waals surface area (Å²) in [6.45, 7) is 5.30. The van der Waals surface area contributed by atoms with Gasteiger partial charge in [-0.15, -0.1) is 0 Å². The smallest absolute Gasteiger partial charge is 0.237 e. The maximum atomic E-state index is 12.9. The van der Waals surface area contributed by atoms with Crippen molar-refractivity contribution >= 4 is 5.91 Å². The lowest BCUT2D eigenvalue weighted by molar-refractivity contribution is -0.139. The number of fused-ring (bicyclic) bond motifs is 1. The zero-order valence-electron chi connectivity index (χ0n) is 15.3. The first kappa shape index (κ1) is 17.0. The Labute approximate surface area is 149 Å². The minimum atomic E-state index is 0.351. The van der Waals surface area contributed by atoms with Crippen LogP contribution in [0.5, 0.6) is 0 Å². The Balaban J connectivity index is 1.30. The fourth-order valence-corrected chi connectivity index (χ4v) is 5.03. The molecule has 1 amide bonds. The van der Waals surface area contributed by atoms with Crippen molar-refractivity contribution in [3.63, 3.8) is 0 Å². The monoisotopic (exact) mass is 346 g/mol. The maximum absolute atomic E-state index is 12.9. The number of aromatic nitrogens is 2. The summed E-state index contributed by atoms with van der Waals surface area (Å²) in [5.74, 6) is 2.94. The van der Waals surface area contributed by atoms with Gasteiger partial charge in [-0.3, -0.25) is 9.69 Å². The molecule has 3 heterocycles. The van der Waals surface area contributed by atoms with Crippen LogP contribution >= 0.6 is 0 Å². The highest BCUT2D eigenvalue weighted by atomic mass is 16.5. The number of hydrogen-bond donors (Lipinski definition) is 0. The first-order valence-electron chi connectivity index (χ1n) is 10.0. The average molecular weight is 346 g/mol. The molecule has 1 saturated carbocycles. The number of rotatable bonds is 3. The van der Waals surface area contributed by atoms with Gasteiger partial charge < -0.3 is 9.42 Å². The number of amides is 1. The fourth-order valence-electron chi connectivity index (χ4n) is 5.03. The van der Waals surface area contributed by atoms with E-state index in [0.29, 0.717) is 30.2 Å². The van der Waals surface area contributed by atoms with Gasteiger partial charge in [0.15, 0.2) is 5.82 Å². The molecule has 0 spiro atoms. The van der Waals surface area contributed by atoms with Crippen LogP contribution in [0.25, 0.3) is 0 Å². The predicted molar refractivity (Wildman–Crippen MR) is 94.1 cm³/mol. The lowest BCUT2D eigenvalue weighted by Gasteiger charge is -2.45. The second-order valence-electron chi connectivity index (χ2n) is 8.07. The highest BCUT2D eigenvalue weighted by molar-refractivity contribution is 5.78. The second-order valence-corrected chi connectivity index (χ2v) is 8.07. The standard InChI is InChI=1S/C19H30N4O2/c1-14-20-19(25-21-14)16-8-11-22(12-9-16)13-18(24)23-10-4-6-15-5-2-3-7-17(15)23/h15-17H,2-13H2,1H3. The van der Waals surface area contributed by atoms with Crippen LogP contribution in [0.2, 0.25) is 0 Å². The van der Waals surface area contributed by atoms with E-state index in [-0.39, 0.29) is 0 Å². The number of piperidine rings is 2. The molecule has 1 aromatic rings. The summed E-state index contributed by atoms with van der Waals surface area (Å²) in [6, 6.07) is 0.522. The van der Waals surface area contributed by atoms with Gasteiger partial charge in [0.25, 0.3) is 0 Å². The Kier molecular flexibility index (Phi) is 5.06. The first-order valence-corrected chi connectivity index (χ1v) is 10.0. The molecule has 2 unspecified atom stereocenters. The van der Waals surface area contributed by atoms with Crippen molar-refractivity contribution in [2.24, 2.45) is 5.92 Å². The molecule has 3 aliphatic rings. The van der Waals surface area contributed by atoms with Gasteiger partial charge >= 0.3 is 0 Å². The number of likely N-dealkylation sites (tertiary alicyclic amines) is 2. The van der Waals surface area contributed by atoms with Crippen LogP contribution in [0.3, 0.4) is 0 Å². The van der Waals surface area contributed by atoms with E-state index in [4.69, 9.17) is 4.52 Å². The van der Waals surface area contributed by atoms with Gasteiger partial charge in [0.05, 0.1) is 6.54 Å². The minimum absolute atomic E-state index is 0.351. The molecule has 0 aromatic carbocycles. The SMILES string of the molecule is Cc1noc(C2CCN(CC(=O)N3CCCC4CCCCC43)CC2)n1. The van der Waals surface area contributed by atoms with Crippen molar-refractivity contribution < 1.29 is 9.32 Å². The van der Waals surface area contributed by atoms with Crippen LogP contribution < -0.4 is 0 Å². The Bertz CT molecular complexity index is 592. The van der Waals surface area contributed by atoms with Gasteiger partial charge in [0.1, 0.15) is 0 Å². The van der Waals surface area contributed by atoms with Crippen molar-refractivity contribution in [1.29, 1.82) is 0 Å². The van der Waals surface area contributed by atoms with Crippen LogP contribution in [0, 0.1) is 12.8 Å². The van der Waals surface area contributed by atoms with E-state index in [1.54, 1.807) is 0 Å². The van der Waals surface area contributed by atoms with Crippen molar-refractivity contribution in [2.45, 2.75) is 70.3 Å². The predicted octanol–water partition coefficient (Wildman–Crippen LogP) is 2.74. The molecule has 0 N–H and O–H groups in total. The van der Waals surface area contributed by atoms with Crippen LogP contribution in [-0.4, -0.2) is 58.1 Å². The summed E-state index contributed by atoms with van der Waals surface area (Å²) in [7, 11) is 0. The molecule has 2 atom stereocenters. The molecule has 4 rings (SSSR count). The molecule has 6 nitrogen and oxygen atoms in total. The van der Waals surface area contributed by atoms with E-state index in [2.05, 4.69) is 19.9 Å². The van der Waals surface area contributed by atoms with Crippen LogP contribution in [0.4, 0.5) is 0 Å². The zero-order chi connectivity index (χ0) is 17.2. The molecule has 2 aliphatic heterocycles. The van der Waals surface area contributed by atoms with E-state index in [1.807, 2.05) is 6.92 Å². The molecule has 0 bridgehead atoms. The highest BCUT2D eigenvalue weighted by Crippen LogP contribution is 2.35. The van der Waals surface area contributed by atoms with Gasteiger partial charge in [-0.25, -0.2) is 0 Å². The number of hydrogen-bond acceptors (Lipinski definition) is 5. The van der Waals surface area contributed by atoms with E-state index < -0.39 is 0 Å². The maximum Gasteiger partial charge on any atom is 0.237 e. The largest absolute Gasteiger partial charge is 0.339 e. The Hall–Kier alpha value is -1.43. The fraction of sp³-hybridized carbons (Fsp3) is 0.842. The first-order chi connectivity index (χ1) is 12.2. The molecule has 0 radical (unpaired) electrons. The van der Waals surface area contributed by atoms with Crippen molar-refractivity contribution in [3.8, 4) is 0 Å². The minimum Gasteiger partial charge on any atom is -0.339 e. The van der Waals surface area contributed by atoms with E-state index in [9.17, 15) is 4.79 Å². The number of nitrogens with zero attached hydrogens (tertiary/aromatic N) is 4. The van der Waals surface area contributed by atoms with E-state index >= 15 is 0 Å². The lowest BCUT2D eigenvalue weighted by atomic mass is 9.78. The number of carbonyl (C=O) groups excluding carboxylic acids is 1. The molecule has 138 valence electrons. The third-order valence-corrected chi connectivity index (χ3v) is 6.40. The van der Waals surface area contributed by atoms with Gasteiger partial charge in [0, 0.05) is 18.5 Å². The van der Waals surface area contributed by atoms with Crippen LogP contribution in [0.1, 0.15) is 69.0 Å². The van der Waals surface area contributed by atoms with Crippen LogP contribution in [0.15, 0.2) is 4.52 Å². The topological polar surface area (TPSA) is 62.5 Å². The summed E-state index contributed by atoms with van der Waals surface area (Å²) in [5, 5.41) is 3.90. The van der Waals surface area contributed by atoms with Gasteiger partial charge in [-0.05, 0) is 64.5 Å². The molecule has 2 saturated heterocycles. The molecule has 1 aromatic heterocycles. The van der Waals surface area contributed by atoms with E-state index in [1.165, 1.54) is 38.5 Å². The van der Waals surface area contributed by atoms with Gasteiger partial charge in [0.2, 0.25) is 11.8 Å². The molecule has 3 fully saturated rings. The number of carbonyl (C=O) groups is 1. The summed E-state index contributed by atoms with van der Waals surface area (Å²) < 4.78 is 5.32. The lowest BCUT2D eigenvalue weighted by Crippen LogP contribution is -2.53.